The number of amides is 2. The third-order valence-electron chi connectivity index (χ3n) is 1.93. The van der Waals surface area contributed by atoms with Crippen LogP contribution in [0.25, 0.3) is 0 Å². The molecular formula is C8H12N2O3. The Morgan fingerprint density at radius 2 is 1.85 bits per heavy atom. The molecule has 0 aliphatic carbocycles. The lowest BCUT2D eigenvalue weighted by molar-refractivity contribution is -0.126. The van der Waals surface area contributed by atoms with Gasteiger partial charge in [0.15, 0.2) is 5.76 Å². The van der Waals surface area contributed by atoms with Crippen LogP contribution in [-0.4, -0.2) is 34.9 Å². The van der Waals surface area contributed by atoms with Gasteiger partial charge in [0.2, 0.25) is 5.91 Å². The number of primary amides is 1. The number of nitrogens with zero attached hydrogens (tertiary/aromatic N) is 1. The van der Waals surface area contributed by atoms with E-state index in [2.05, 4.69) is 0 Å². The van der Waals surface area contributed by atoms with E-state index in [1.165, 1.54) is 0 Å². The summed E-state index contributed by atoms with van der Waals surface area (Å²) in [4.78, 5) is 23.2. The molecule has 0 aromatic rings. The van der Waals surface area contributed by atoms with Crippen molar-refractivity contribution in [1.82, 2.24) is 4.90 Å². The summed E-state index contributed by atoms with van der Waals surface area (Å²) >= 11 is 0. The number of hydrogen-bond acceptors (Lipinski definition) is 3. The summed E-state index contributed by atoms with van der Waals surface area (Å²) in [5.41, 5.74) is 4.75. The van der Waals surface area contributed by atoms with Gasteiger partial charge in [-0.15, -0.1) is 0 Å². The van der Waals surface area contributed by atoms with E-state index in [4.69, 9.17) is 10.8 Å². The molecular weight excluding hydrogens is 172 g/mol. The standard InChI is InChI=1S/C8H12N2O3/c9-8(13)6(11)5-7(12)10-3-1-2-4-10/h5,11H,1-4H2,(H2,9,13). The van der Waals surface area contributed by atoms with Crippen LogP contribution >= 0.6 is 0 Å². The van der Waals surface area contributed by atoms with Crippen LogP contribution in [0.5, 0.6) is 0 Å². The normalized spacial score (nSPS) is 17.5. The minimum Gasteiger partial charge on any atom is -0.503 e. The zero-order chi connectivity index (χ0) is 9.84. The molecule has 1 saturated heterocycles. The summed E-state index contributed by atoms with van der Waals surface area (Å²) < 4.78 is 0. The van der Waals surface area contributed by atoms with Crippen LogP contribution in [-0.2, 0) is 9.59 Å². The zero-order valence-corrected chi connectivity index (χ0v) is 7.19. The Morgan fingerprint density at radius 1 is 1.31 bits per heavy atom. The highest BCUT2D eigenvalue weighted by atomic mass is 16.3. The fraction of sp³-hybridized carbons (Fsp3) is 0.500. The van der Waals surface area contributed by atoms with Crippen molar-refractivity contribution < 1.29 is 14.7 Å². The van der Waals surface area contributed by atoms with Crippen LogP contribution in [0.2, 0.25) is 0 Å². The lowest BCUT2D eigenvalue weighted by Gasteiger charge is -2.11. The van der Waals surface area contributed by atoms with Crippen LogP contribution in [0.4, 0.5) is 0 Å². The molecule has 0 saturated carbocycles. The summed E-state index contributed by atoms with van der Waals surface area (Å²) in [5.74, 6) is -2.02. The van der Waals surface area contributed by atoms with Crippen LogP contribution in [0.1, 0.15) is 12.8 Å². The Morgan fingerprint density at radius 3 is 2.31 bits per heavy atom. The van der Waals surface area contributed by atoms with Crippen LogP contribution in [0.3, 0.4) is 0 Å². The van der Waals surface area contributed by atoms with E-state index in [0.717, 1.165) is 18.9 Å². The predicted molar refractivity (Wildman–Crippen MR) is 45.7 cm³/mol. The molecule has 0 aromatic carbocycles. The number of carbonyl (C=O) groups is 2. The highest BCUT2D eigenvalue weighted by Crippen LogP contribution is 2.08. The average molecular weight is 184 g/mol. The average Bonchev–Trinajstić information content (AvgIpc) is 2.55. The molecule has 1 rings (SSSR count). The molecule has 5 heteroatoms. The second-order valence-corrected chi connectivity index (χ2v) is 2.93. The number of rotatable bonds is 2. The summed E-state index contributed by atoms with van der Waals surface area (Å²) in [6.45, 7) is 1.36. The number of nitrogens with two attached hydrogens (primary N) is 1. The number of aliphatic hydroxyl groups is 1. The molecule has 13 heavy (non-hydrogen) atoms. The first-order valence-corrected chi connectivity index (χ1v) is 4.10. The Bertz CT molecular complexity index is 254. The molecule has 0 bridgehead atoms. The third kappa shape index (κ3) is 2.47. The predicted octanol–water partition coefficient (Wildman–Crippen LogP) is -0.464. The van der Waals surface area contributed by atoms with Crippen molar-refractivity contribution in [2.45, 2.75) is 12.8 Å². The minimum absolute atomic E-state index is 0.353. The Balaban J connectivity index is 2.57. The molecule has 1 fully saturated rings. The van der Waals surface area contributed by atoms with E-state index in [1.54, 1.807) is 4.90 Å². The first-order chi connectivity index (χ1) is 6.11. The van der Waals surface area contributed by atoms with Crippen molar-refractivity contribution >= 4 is 11.8 Å². The maximum atomic E-state index is 11.2. The van der Waals surface area contributed by atoms with Gasteiger partial charge in [-0.25, -0.2) is 0 Å². The molecule has 3 N–H and O–H groups in total. The molecule has 2 amide bonds. The maximum Gasteiger partial charge on any atom is 0.283 e. The molecule has 0 spiro atoms. The van der Waals surface area contributed by atoms with Gasteiger partial charge in [-0.1, -0.05) is 0 Å². The van der Waals surface area contributed by atoms with E-state index >= 15 is 0 Å². The molecule has 1 aliphatic rings. The van der Waals surface area contributed by atoms with Gasteiger partial charge in [-0.3, -0.25) is 9.59 Å². The van der Waals surface area contributed by atoms with Gasteiger partial charge < -0.3 is 15.7 Å². The topological polar surface area (TPSA) is 83.6 Å². The highest BCUT2D eigenvalue weighted by molar-refractivity contribution is 5.98. The van der Waals surface area contributed by atoms with E-state index < -0.39 is 11.7 Å². The van der Waals surface area contributed by atoms with Gasteiger partial charge in [0.05, 0.1) is 6.08 Å². The second kappa shape index (κ2) is 3.93. The molecule has 5 nitrogen and oxygen atoms in total. The zero-order valence-electron chi connectivity index (χ0n) is 7.19. The molecule has 0 aromatic heterocycles. The van der Waals surface area contributed by atoms with E-state index in [1.807, 2.05) is 0 Å². The number of aliphatic hydroxyl groups excluding tert-OH is 1. The first-order valence-electron chi connectivity index (χ1n) is 4.10. The molecule has 0 atom stereocenters. The fourth-order valence-electron chi connectivity index (χ4n) is 1.22. The molecule has 1 aliphatic heterocycles. The van der Waals surface area contributed by atoms with Gasteiger partial charge >= 0.3 is 0 Å². The number of hydrogen-bond donors (Lipinski definition) is 2. The van der Waals surface area contributed by atoms with Gasteiger partial charge in [-0.2, -0.15) is 0 Å². The van der Waals surface area contributed by atoms with Crippen molar-refractivity contribution in [2.75, 3.05) is 13.1 Å². The van der Waals surface area contributed by atoms with Gasteiger partial charge in [0.1, 0.15) is 0 Å². The van der Waals surface area contributed by atoms with Crippen molar-refractivity contribution in [3.05, 3.63) is 11.8 Å². The first kappa shape index (κ1) is 9.57. The summed E-state index contributed by atoms with van der Waals surface area (Å²) in [6, 6.07) is 0. The number of carbonyl (C=O) groups excluding carboxylic acids is 2. The second-order valence-electron chi connectivity index (χ2n) is 2.93. The largest absolute Gasteiger partial charge is 0.503 e. The van der Waals surface area contributed by atoms with Gasteiger partial charge in [0, 0.05) is 13.1 Å². The van der Waals surface area contributed by atoms with Gasteiger partial charge in [-0.05, 0) is 12.8 Å². The Kier molecular flexibility index (Phi) is 2.89. The van der Waals surface area contributed by atoms with Crippen LogP contribution in [0, 0.1) is 0 Å². The van der Waals surface area contributed by atoms with Crippen LogP contribution < -0.4 is 5.73 Å². The minimum atomic E-state index is -0.979. The molecule has 1 heterocycles. The Labute approximate surface area is 75.8 Å². The molecule has 0 radical (unpaired) electrons. The van der Waals surface area contributed by atoms with Crippen LogP contribution in [0.15, 0.2) is 11.8 Å². The molecule has 0 unspecified atom stereocenters. The summed E-state index contributed by atoms with van der Waals surface area (Å²) in [5, 5.41) is 8.90. The van der Waals surface area contributed by atoms with E-state index in [-0.39, 0.29) is 5.91 Å². The maximum absolute atomic E-state index is 11.2. The third-order valence-corrected chi connectivity index (χ3v) is 1.93. The highest BCUT2D eigenvalue weighted by Gasteiger charge is 2.17. The quantitative estimate of drug-likeness (QED) is 0.449. The van der Waals surface area contributed by atoms with Crippen molar-refractivity contribution in [3.8, 4) is 0 Å². The van der Waals surface area contributed by atoms with E-state index in [0.29, 0.717) is 13.1 Å². The smallest absolute Gasteiger partial charge is 0.283 e. The Hall–Kier alpha value is -1.52. The lowest BCUT2D eigenvalue weighted by Crippen LogP contribution is -2.27. The lowest BCUT2D eigenvalue weighted by atomic mass is 10.4. The van der Waals surface area contributed by atoms with E-state index in [9.17, 15) is 9.59 Å². The SMILES string of the molecule is NC(=O)C(O)=CC(=O)N1CCCC1. The monoisotopic (exact) mass is 184 g/mol. The summed E-state index contributed by atoms with van der Waals surface area (Å²) in [7, 11) is 0. The van der Waals surface area contributed by atoms with Crippen molar-refractivity contribution in [2.24, 2.45) is 5.73 Å². The molecule has 72 valence electrons. The number of likely N-dealkylation sites (tertiary alicyclic amines) is 1. The summed E-state index contributed by atoms with van der Waals surface area (Å²) in [6.07, 6.45) is 2.81. The fourth-order valence-corrected chi connectivity index (χ4v) is 1.22. The van der Waals surface area contributed by atoms with Crippen molar-refractivity contribution in [3.63, 3.8) is 0 Å². The van der Waals surface area contributed by atoms with Crippen molar-refractivity contribution in [1.29, 1.82) is 0 Å². The van der Waals surface area contributed by atoms with Gasteiger partial charge in [0.25, 0.3) is 5.91 Å².